The Morgan fingerprint density at radius 3 is 2.45 bits per heavy atom. The highest BCUT2D eigenvalue weighted by atomic mass is 32.2. The molecule has 16 nitrogen and oxygen atoms in total. The third-order valence-corrected chi connectivity index (χ3v) is 14.6. The molecule has 0 spiro atoms. The van der Waals surface area contributed by atoms with Crippen molar-refractivity contribution in [3.8, 4) is 17.4 Å². The van der Waals surface area contributed by atoms with Crippen LogP contribution in [0.5, 0.6) is 17.4 Å². The van der Waals surface area contributed by atoms with Crippen LogP contribution in [-0.4, -0.2) is 116 Å². The zero-order valence-electron chi connectivity index (χ0n) is 35.9. The fourth-order valence-corrected chi connectivity index (χ4v) is 9.25. The number of hydrogen-bond acceptors (Lipinski definition) is 12. The molecule has 7 atom stereocenters. The standard InChI is InChI=1S/C42H56F3N5O11S/c1-24-10-8-9-11-26-21-41(26,37(53)49-62(55,56)40(5)14-15-40)48-34(51)31-20-28(60-35-29-13-12-27(58-7)19-30(29)32(22-46-35)59-17-16-57-6)23-50(31)36(52)33(25(2)18-24)47-38(54)61-39(3,4)42(43,44)45/h9,11-13,19,22,24-26,28,31,33H,8,10,14-18,20-21,23H2,1-7H3,(H,47,54)(H,48,51)(H,49,53)/b11-9-/t24-,25+,26?,28+,31-,33-,41+/m0/s1. The van der Waals surface area contributed by atoms with E-state index in [0.717, 1.165) is 0 Å². The number of alkyl halides is 3. The Balaban J connectivity index is 1.36. The summed E-state index contributed by atoms with van der Waals surface area (Å²) in [4.78, 5) is 62.3. The van der Waals surface area contributed by atoms with Crippen LogP contribution >= 0.6 is 0 Å². The van der Waals surface area contributed by atoms with Crippen molar-refractivity contribution in [2.24, 2.45) is 17.8 Å². The van der Waals surface area contributed by atoms with Crippen LogP contribution in [0.2, 0.25) is 0 Å². The first kappa shape index (κ1) is 46.6. The number of ether oxygens (including phenoxy) is 5. The largest absolute Gasteiger partial charge is 0.497 e. The van der Waals surface area contributed by atoms with Crippen LogP contribution in [0.3, 0.4) is 0 Å². The second kappa shape index (κ2) is 17.7. The quantitative estimate of drug-likeness (QED) is 0.192. The molecule has 342 valence electrons. The summed E-state index contributed by atoms with van der Waals surface area (Å²) >= 11 is 0. The van der Waals surface area contributed by atoms with Gasteiger partial charge in [0, 0.05) is 30.2 Å². The van der Waals surface area contributed by atoms with Gasteiger partial charge >= 0.3 is 12.3 Å². The molecule has 2 saturated carbocycles. The summed E-state index contributed by atoms with van der Waals surface area (Å²) in [5.74, 6) is -2.74. The van der Waals surface area contributed by atoms with Crippen molar-refractivity contribution in [2.75, 3.05) is 34.0 Å². The summed E-state index contributed by atoms with van der Waals surface area (Å²) in [6, 6.07) is 2.31. The molecule has 4 aliphatic rings. The van der Waals surface area contributed by atoms with Gasteiger partial charge in [-0.15, -0.1) is 0 Å². The summed E-state index contributed by atoms with van der Waals surface area (Å²) < 4.78 is 96.7. The number of amides is 4. The molecule has 1 aromatic carbocycles. The van der Waals surface area contributed by atoms with Crippen LogP contribution in [0, 0.1) is 17.8 Å². The molecule has 62 heavy (non-hydrogen) atoms. The number of nitrogens with one attached hydrogen (secondary N) is 3. The van der Waals surface area contributed by atoms with Crippen LogP contribution in [0.4, 0.5) is 18.0 Å². The first-order chi connectivity index (χ1) is 29.0. The van der Waals surface area contributed by atoms with Gasteiger partial charge in [-0.25, -0.2) is 18.2 Å². The van der Waals surface area contributed by atoms with Crippen molar-refractivity contribution in [3.63, 3.8) is 0 Å². The minimum atomic E-state index is -4.93. The number of carbonyl (C=O) groups is 4. The maximum atomic E-state index is 14.9. The summed E-state index contributed by atoms with van der Waals surface area (Å²) in [6.07, 6.45) is -0.0971. The van der Waals surface area contributed by atoms with Gasteiger partial charge in [-0.05, 0) is 89.3 Å². The number of pyridine rings is 1. The van der Waals surface area contributed by atoms with Crippen LogP contribution in [0.15, 0.2) is 36.5 Å². The van der Waals surface area contributed by atoms with E-state index >= 15 is 0 Å². The molecule has 3 heterocycles. The molecule has 6 rings (SSSR count). The van der Waals surface area contributed by atoms with E-state index in [1.165, 1.54) is 32.2 Å². The van der Waals surface area contributed by atoms with Gasteiger partial charge in [0.05, 0.1) is 31.2 Å². The predicted octanol–water partition coefficient (Wildman–Crippen LogP) is 4.94. The molecule has 0 radical (unpaired) electrons. The fourth-order valence-electron chi connectivity index (χ4n) is 7.94. The Kier molecular flexibility index (Phi) is 13.3. The summed E-state index contributed by atoms with van der Waals surface area (Å²) in [7, 11) is -1.05. The molecule has 1 saturated heterocycles. The molecular formula is C42H56F3N5O11S. The van der Waals surface area contributed by atoms with Gasteiger partial charge in [0.2, 0.25) is 33.3 Å². The zero-order chi connectivity index (χ0) is 45.4. The molecule has 2 aliphatic carbocycles. The van der Waals surface area contributed by atoms with E-state index in [9.17, 15) is 40.8 Å². The third kappa shape index (κ3) is 9.85. The summed E-state index contributed by atoms with van der Waals surface area (Å²) in [5, 5.41) is 6.27. The van der Waals surface area contributed by atoms with E-state index < -0.39 is 85.9 Å². The van der Waals surface area contributed by atoms with Gasteiger partial charge in [-0.3, -0.25) is 19.1 Å². The maximum absolute atomic E-state index is 14.9. The number of benzene rings is 1. The Bertz CT molecular complexity index is 2180. The van der Waals surface area contributed by atoms with Gasteiger partial charge < -0.3 is 39.2 Å². The van der Waals surface area contributed by atoms with Crippen molar-refractivity contribution in [1.82, 2.24) is 25.2 Å². The molecule has 3 N–H and O–H groups in total. The number of fused-ring (bicyclic) bond motifs is 3. The Hall–Kier alpha value is -4.85. The molecule has 0 bridgehead atoms. The molecule has 1 aromatic heterocycles. The van der Waals surface area contributed by atoms with E-state index in [2.05, 4.69) is 20.3 Å². The number of methoxy groups -OCH3 is 2. The molecule has 1 unspecified atom stereocenters. The number of allylic oxidation sites excluding steroid dienone is 1. The molecular weight excluding hydrogens is 840 g/mol. The van der Waals surface area contributed by atoms with Crippen molar-refractivity contribution in [2.45, 2.75) is 120 Å². The Labute approximate surface area is 359 Å². The topological polar surface area (TPSA) is 201 Å². The lowest BCUT2D eigenvalue weighted by Gasteiger charge is -2.34. The maximum Gasteiger partial charge on any atom is 0.427 e. The number of halogens is 3. The van der Waals surface area contributed by atoms with Crippen molar-refractivity contribution in [1.29, 1.82) is 0 Å². The second-order valence-electron chi connectivity index (χ2n) is 17.7. The summed E-state index contributed by atoms with van der Waals surface area (Å²) in [5.41, 5.74) is -4.57. The lowest BCUT2D eigenvalue weighted by Crippen LogP contribution is -2.59. The van der Waals surface area contributed by atoms with E-state index in [1.807, 2.05) is 13.0 Å². The normalized spacial score (nSPS) is 28.3. The Morgan fingerprint density at radius 1 is 1.06 bits per heavy atom. The monoisotopic (exact) mass is 895 g/mol. The fraction of sp³-hybridized carbons (Fsp3) is 0.643. The number of sulfonamides is 1. The smallest absolute Gasteiger partial charge is 0.427 e. The highest BCUT2D eigenvalue weighted by Gasteiger charge is 2.63. The SMILES string of the molecule is COCCOc1cnc(O[C@@H]2C[C@H]3C(=O)N[C@]4(C(=O)NS(=O)(=O)C5(C)CC5)CC4/C=C\CC[C@H](C)C[C@@H](C)[C@H](NC(=O)OC(C)(C)C(F)(F)F)C(=O)N3C2)c2ccc(OC)cc12. The second-order valence-corrected chi connectivity index (χ2v) is 19.9. The minimum absolute atomic E-state index is 0.0548. The van der Waals surface area contributed by atoms with E-state index in [4.69, 9.17) is 23.7 Å². The van der Waals surface area contributed by atoms with E-state index in [1.54, 1.807) is 31.2 Å². The first-order valence-corrected chi connectivity index (χ1v) is 22.2. The number of nitrogens with zero attached hydrogens (tertiary/aromatic N) is 2. The minimum Gasteiger partial charge on any atom is -0.497 e. The third-order valence-electron chi connectivity index (χ3n) is 12.4. The molecule has 20 heteroatoms. The number of alkyl carbamates (subject to hydrolysis) is 1. The number of rotatable bonds is 12. The predicted molar refractivity (Wildman–Crippen MR) is 219 cm³/mol. The van der Waals surface area contributed by atoms with Gasteiger partial charge in [0.15, 0.2) is 0 Å². The van der Waals surface area contributed by atoms with Gasteiger partial charge in [0.1, 0.15) is 41.8 Å². The van der Waals surface area contributed by atoms with Gasteiger partial charge in [0.25, 0.3) is 5.91 Å². The number of hydrogen-bond donors (Lipinski definition) is 3. The van der Waals surface area contributed by atoms with E-state index in [0.29, 0.717) is 74.8 Å². The average molecular weight is 896 g/mol. The van der Waals surface area contributed by atoms with Crippen molar-refractivity contribution in [3.05, 3.63) is 36.5 Å². The Morgan fingerprint density at radius 2 is 1.79 bits per heavy atom. The highest BCUT2D eigenvalue weighted by molar-refractivity contribution is 7.91. The number of carbonyl (C=O) groups excluding carboxylic acids is 4. The molecule has 2 aromatic rings. The van der Waals surface area contributed by atoms with Gasteiger partial charge in [-0.1, -0.05) is 26.0 Å². The molecule has 4 amide bonds. The number of aromatic nitrogens is 1. The molecule has 3 fully saturated rings. The summed E-state index contributed by atoms with van der Waals surface area (Å²) in [6.45, 7) is 6.79. The first-order valence-electron chi connectivity index (χ1n) is 20.7. The lowest BCUT2D eigenvalue weighted by molar-refractivity contribution is -0.244. The van der Waals surface area contributed by atoms with Crippen LogP contribution in [0.1, 0.15) is 79.6 Å². The van der Waals surface area contributed by atoms with E-state index in [-0.39, 0.29) is 37.8 Å². The molecule has 2 aliphatic heterocycles. The van der Waals surface area contributed by atoms with Crippen LogP contribution in [0.25, 0.3) is 10.8 Å². The van der Waals surface area contributed by atoms with Crippen molar-refractivity contribution >= 4 is 44.6 Å². The lowest BCUT2D eigenvalue weighted by atomic mass is 9.88. The highest BCUT2D eigenvalue weighted by Crippen LogP contribution is 2.48. The van der Waals surface area contributed by atoms with Crippen molar-refractivity contribution < 1.29 is 64.5 Å². The zero-order valence-corrected chi connectivity index (χ0v) is 36.7. The average Bonchev–Trinajstić information content (AvgIpc) is 4.08. The van der Waals surface area contributed by atoms with Crippen LogP contribution < -0.4 is 29.6 Å². The van der Waals surface area contributed by atoms with Gasteiger partial charge in [-0.2, -0.15) is 13.2 Å². The van der Waals surface area contributed by atoms with Crippen LogP contribution in [-0.2, 0) is 33.9 Å².